The van der Waals surface area contributed by atoms with Gasteiger partial charge in [0.05, 0.1) is 26.4 Å². The molecule has 2 saturated heterocycles. The van der Waals surface area contributed by atoms with Crippen LogP contribution >= 0.6 is 0 Å². The first-order valence-electron chi connectivity index (χ1n) is 7.35. The van der Waals surface area contributed by atoms with Gasteiger partial charge in [0, 0.05) is 19.6 Å². The van der Waals surface area contributed by atoms with E-state index in [4.69, 9.17) is 9.47 Å². The molecule has 2 aliphatic heterocycles. The highest BCUT2D eigenvalue weighted by Crippen LogP contribution is 2.17. The van der Waals surface area contributed by atoms with Gasteiger partial charge in [0.1, 0.15) is 6.04 Å². The number of hydrogen-bond acceptors (Lipinski definition) is 5. The summed E-state index contributed by atoms with van der Waals surface area (Å²) in [5, 5.41) is 0. The molecule has 2 fully saturated rings. The van der Waals surface area contributed by atoms with E-state index in [2.05, 4.69) is 0 Å². The van der Waals surface area contributed by atoms with Gasteiger partial charge in [-0.3, -0.25) is 14.5 Å². The molecule has 0 aromatic heterocycles. The summed E-state index contributed by atoms with van der Waals surface area (Å²) < 4.78 is 10.2. The van der Waals surface area contributed by atoms with E-state index >= 15 is 0 Å². The number of hydrogen-bond donors (Lipinski definition) is 0. The molecule has 1 amide bonds. The third-order valence-corrected chi connectivity index (χ3v) is 4.17. The highest BCUT2D eigenvalue weighted by Gasteiger charge is 2.37. The molecule has 114 valence electrons. The average Bonchev–Trinajstić information content (AvgIpc) is 2.53. The number of piperidine rings is 1. The second-order valence-corrected chi connectivity index (χ2v) is 5.41. The van der Waals surface area contributed by atoms with Gasteiger partial charge in [-0.2, -0.15) is 0 Å². The summed E-state index contributed by atoms with van der Waals surface area (Å²) in [5.74, 6) is -0.219. The molecule has 2 unspecified atom stereocenters. The molecular formula is C14H24N2O4. The average molecular weight is 284 g/mol. The fourth-order valence-corrected chi connectivity index (χ4v) is 2.94. The standard InChI is InChI=1S/C14H24N2O4/c1-11(13(17)15-6-4-3-5-7-15)16-8-9-20-10-12(16)14(18)19-2/h11-12H,3-10H2,1-2H3. The Morgan fingerprint density at radius 2 is 1.90 bits per heavy atom. The molecule has 6 heteroatoms. The van der Waals surface area contributed by atoms with E-state index in [-0.39, 0.29) is 17.9 Å². The van der Waals surface area contributed by atoms with Crippen LogP contribution in [-0.2, 0) is 19.1 Å². The summed E-state index contributed by atoms with van der Waals surface area (Å²) in [6, 6.07) is -0.779. The van der Waals surface area contributed by atoms with Gasteiger partial charge in [0.15, 0.2) is 0 Å². The number of carbonyl (C=O) groups is 2. The van der Waals surface area contributed by atoms with Crippen LogP contribution in [0.2, 0.25) is 0 Å². The fraction of sp³-hybridized carbons (Fsp3) is 0.857. The summed E-state index contributed by atoms with van der Waals surface area (Å²) in [4.78, 5) is 28.2. The van der Waals surface area contributed by atoms with Gasteiger partial charge >= 0.3 is 5.97 Å². The van der Waals surface area contributed by atoms with Crippen LogP contribution in [0, 0.1) is 0 Å². The Morgan fingerprint density at radius 1 is 1.20 bits per heavy atom. The second kappa shape index (κ2) is 7.04. The molecule has 20 heavy (non-hydrogen) atoms. The van der Waals surface area contributed by atoms with Crippen molar-refractivity contribution in [3.63, 3.8) is 0 Å². The van der Waals surface area contributed by atoms with Crippen molar-refractivity contribution in [3.8, 4) is 0 Å². The van der Waals surface area contributed by atoms with Crippen LogP contribution in [0.25, 0.3) is 0 Å². The monoisotopic (exact) mass is 284 g/mol. The smallest absolute Gasteiger partial charge is 0.325 e. The highest BCUT2D eigenvalue weighted by atomic mass is 16.5. The van der Waals surface area contributed by atoms with Crippen LogP contribution in [0.3, 0.4) is 0 Å². The van der Waals surface area contributed by atoms with Crippen LogP contribution in [0.15, 0.2) is 0 Å². The number of carbonyl (C=O) groups excluding carboxylic acids is 2. The maximum atomic E-state index is 12.5. The summed E-state index contributed by atoms with van der Waals surface area (Å²) in [7, 11) is 1.37. The summed E-state index contributed by atoms with van der Waals surface area (Å²) in [6.45, 7) is 4.96. The van der Waals surface area contributed by atoms with E-state index in [9.17, 15) is 9.59 Å². The van der Waals surface area contributed by atoms with Crippen LogP contribution in [0.4, 0.5) is 0 Å². The van der Waals surface area contributed by atoms with Crippen LogP contribution in [-0.4, -0.2) is 73.7 Å². The zero-order valence-electron chi connectivity index (χ0n) is 12.3. The number of rotatable bonds is 3. The zero-order valence-corrected chi connectivity index (χ0v) is 12.3. The van der Waals surface area contributed by atoms with Crippen LogP contribution < -0.4 is 0 Å². The SMILES string of the molecule is COC(=O)C1COCCN1C(C)C(=O)N1CCCCC1. The number of likely N-dealkylation sites (tertiary alicyclic amines) is 1. The molecule has 0 bridgehead atoms. The van der Waals surface area contributed by atoms with Crippen molar-refractivity contribution in [1.82, 2.24) is 9.80 Å². The van der Waals surface area contributed by atoms with E-state index in [0.29, 0.717) is 19.8 Å². The predicted molar refractivity (Wildman–Crippen MR) is 73.2 cm³/mol. The van der Waals surface area contributed by atoms with Crippen LogP contribution in [0.5, 0.6) is 0 Å². The van der Waals surface area contributed by atoms with Gasteiger partial charge < -0.3 is 14.4 Å². The minimum atomic E-state index is -0.475. The van der Waals surface area contributed by atoms with Crippen molar-refractivity contribution in [2.45, 2.75) is 38.3 Å². The van der Waals surface area contributed by atoms with Gasteiger partial charge in [0.25, 0.3) is 0 Å². The third-order valence-electron chi connectivity index (χ3n) is 4.17. The Hall–Kier alpha value is -1.14. The molecule has 0 saturated carbocycles. The minimum Gasteiger partial charge on any atom is -0.468 e. The van der Waals surface area contributed by atoms with Gasteiger partial charge in [-0.1, -0.05) is 0 Å². The molecule has 2 atom stereocenters. The Kier molecular flexibility index (Phi) is 5.37. The van der Waals surface area contributed by atoms with Crippen molar-refractivity contribution >= 4 is 11.9 Å². The Balaban J connectivity index is 2.02. The van der Waals surface area contributed by atoms with Gasteiger partial charge in [-0.25, -0.2) is 0 Å². The Labute approximate surface area is 120 Å². The van der Waals surface area contributed by atoms with E-state index in [1.807, 2.05) is 16.7 Å². The van der Waals surface area contributed by atoms with Gasteiger partial charge in [-0.15, -0.1) is 0 Å². The lowest BCUT2D eigenvalue weighted by Crippen LogP contribution is -2.58. The van der Waals surface area contributed by atoms with Crippen molar-refractivity contribution in [1.29, 1.82) is 0 Å². The minimum absolute atomic E-state index is 0.112. The number of morpholine rings is 1. The maximum absolute atomic E-state index is 12.5. The molecule has 2 heterocycles. The molecule has 0 N–H and O–H groups in total. The Bertz CT molecular complexity index is 355. The maximum Gasteiger partial charge on any atom is 0.325 e. The lowest BCUT2D eigenvalue weighted by atomic mass is 10.1. The topological polar surface area (TPSA) is 59.1 Å². The first-order chi connectivity index (χ1) is 9.65. The first kappa shape index (κ1) is 15.3. The van der Waals surface area contributed by atoms with Crippen molar-refractivity contribution in [2.75, 3.05) is 40.0 Å². The zero-order chi connectivity index (χ0) is 14.5. The van der Waals surface area contributed by atoms with Crippen molar-refractivity contribution in [2.24, 2.45) is 0 Å². The lowest BCUT2D eigenvalue weighted by Gasteiger charge is -2.39. The number of nitrogens with zero attached hydrogens (tertiary/aromatic N) is 2. The molecule has 2 rings (SSSR count). The molecule has 0 spiro atoms. The Morgan fingerprint density at radius 3 is 2.55 bits per heavy atom. The number of ether oxygens (including phenoxy) is 2. The number of esters is 1. The summed E-state index contributed by atoms with van der Waals surface area (Å²) in [5.41, 5.74) is 0. The van der Waals surface area contributed by atoms with Crippen molar-refractivity contribution in [3.05, 3.63) is 0 Å². The molecule has 0 radical (unpaired) electrons. The van der Waals surface area contributed by atoms with Crippen molar-refractivity contribution < 1.29 is 19.1 Å². The van der Waals surface area contributed by atoms with E-state index < -0.39 is 6.04 Å². The number of methoxy groups -OCH3 is 1. The highest BCUT2D eigenvalue weighted by molar-refractivity contribution is 5.83. The number of amides is 1. The van der Waals surface area contributed by atoms with Gasteiger partial charge in [-0.05, 0) is 26.2 Å². The molecule has 0 aliphatic carbocycles. The van der Waals surface area contributed by atoms with E-state index in [1.165, 1.54) is 13.5 Å². The normalized spacial score (nSPS) is 26.1. The summed E-state index contributed by atoms with van der Waals surface area (Å²) in [6.07, 6.45) is 3.34. The molecular weight excluding hydrogens is 260 g/mol. The molecule has 2 aliphatic rings. The lowest BCUT2D eigenvalue weighted by molar-refractivity contribution is -0.158. The molecule has 6 nitrogen and oxygen atoms in total. The van der Waals surface area contributed by atoms with Crippen LogP contribution in [0.1, 0.15) is 26.2 Å². The summed E-state index contributed by atoms with van der Waals surface area (Å²) >= 11 is 0. The fourth-order valence-electron chi connectivity index (χ4n) is 2.94. The first-order valence-corrected chi connectivity index (χ1v) is 7.35. The largest absolute Gasteiger partial charge is 0.468 e. The quantitative estimate of drug-likeness (QED) is 0.696. The van der Waals surface area contributed by atoms with Gasteiger partial charge in [0.2, 0.25) is 5.91 Å². The third kappa shape index (κ3) is 3.30. The predicted octanol–water partition coefficient (Wildman–Crippen LogP) is 0.261. The van der Waals surface area contributed by atoms with E-state index in [1.54, 1.807) is 0 Å². The second-order valence-electron chi connectivity index (χ2n) is 5.41. The molecule has 0 aromatic carbocycles. The molecule has 0 aromatic rings. The van der Waals surface area contributed by atoms with E-state index in [0.717, 1.165) is 25.9 Å².